The summed E-state index contributed by atoms with van der Waals surface area (Å²) in [6.45, 7) is 7.76. The summed E-state index contributed by atoms with van der Waals surface area (Å²) in [5, 5.41) is 2.36. The fraction of sp³-hybridized carbons (Fsp3) is 0.0870. The fourth-order valence-corrected chi connectivity index (χ4v) is 3.27. The second-order valence-electron chi connectivity index (χ2n) is 6.23. The molecule has 0 radical (unpaired) electrons. The molecule has 0 aliphatic rings. The van der Waals surface area contributed by atoms with Crippen LogP contribution in [0.3, 0.4) is 0 Å². The molecule has 4 nitrogen and oxygen atoms in total. The van der Waals surface area contributed by atoms with E-state index in [0.717, 1.165) is 16.6 Å². The second-order valence-corrected chi connectivity index (χ2v) is 6.23. The Labute approximate surface area is 158 Å². The van der Waals surface area contributed by atoms with E-state index in [-0.39, 0.29) is 0 Å². The van der Waals surface area contributed by atoms with Crippen LogP contribution in [0, 0.1) is 6.92 Å². The predicted molar refractivity (Wildman–Crippen MR) is 112 cm³/mol. The summed E-state index contributed by atoms with van der Waals surface area (Å²) in [5.74, 6) is 1.90. The first-order chi connectivity index (χ1) is 13.2. The highest BCUT2D eigenvalue weighted by Crippen LogP contribution is 2.30. The van der Waals surface area contributed by atoms with Crippen molar-refractivity contribution in [1.82, 2.24) is 19.5 Å². The van der Waals surface area contributed by atoms with Crippen LogP contribution in [0.1, 0.15) is 18.6 Å². The number of para-hydroxylation sites is 2. The maximum Gasteiger partial charge on any atom is 0.238 e. The Morgan fingerprint density at radius 1 is 0.926 bits per heavy atom. The maximum absolute atomic E-state index is 4.77. The van der Waals surface area contributed by atoms with Gasteiger partial charge in [0, 0.05) is 16.3 Å². The van der Waals surface area contributed by atoms with Crippen molar-refractivity contribution in [3.05, 3.63) is 91.1 Å². The molecule has 0 bridgehead atoms. The number of rotatable bonds is 4. The van der Waals surface area contributed by atoms with Gasteiger partial charge in [0.1, 0.15) is 5.82 Å². The minimum atomic E-state index is 0.614. The van der Waals surface area contributed by atoms with E-state index in [1.165, 1.54) is 10.8 Å². The van der Waals surface area contributed by atoms with Gasteiger partial charge in [-0.15, -0.1) is 0 Å². The molecule has 27 heavy (non-hydrogen) atoms. The Morgan fingerprint density at radius 3 is 2.15 bits per heavy atom. The molecule has 0 aliphatic carbocycles. The molecule has 2 aromatic carbocycles. The van der Waals surface area contributed by atoms with Crippen molar-refractivity contribution in [3.8, 4) is 5.95 Å². The lowest BCUT2D eigenvalue weighted by Gasteiger charge is -2.09. The molecule has 0 unspecified atom stereocenters. The molecule has 0 atom stereocenters. The van der Waals surface area contributed by atoms with E-state index in [1.807, 2.05) is 44.2 Å². The maximum atomic E-state index is 4.77. The highest BCUT2D eigenvalue weighted by Gasteiger charge is 2.15. The number of aromatic nitrogens is 4. The number of benzene rings is 2. The van der Waals surface area contributed by atoms with Gasteiger partial charge in [-0.1, -0.05) is 67.3 Å². The van der Waals surface area contributed by atoms with Crippen LogP contribution in [0.15, 0.2) is 79.4 Å². The van der Waals surface area contributed by atoms with Gasteiger partial charge in [-0.3, -0.25) is 4.57 Å². The summed E-state index contributed by atoms with van der Waals surface area (Å²) in [6, 6.07) is 16.6. The van der Waals surface area contributed by atoms with Crippen LogP contribution in [0.4, 0.5) is 0 Å². The van der Waals surface area contributed by atoms with Gasteiger partial charge >= 0.3 is 0 Å². The molecule has 4 rings (SSSR count). The lowest BCUT2D eigenvalue weighted by atomic mass is 10.2. The van der Waals surface area contributed by atoms with Crippen LogP contribution < -0.4 is 0 Å². The number of nitrogens with zero attached hydrogens (tertiary/aromatic N) is 4. The quantitative estimate of drug-likeness (QED) is 0.460. The van der Waals surface area contributed by atoms with Crippen molar-refractivity contribution in [2.75, 3.05) is 0 Å². The Morgan fingerprint density at radius 2 is 1.56 bits per heavy atom. The third-order valence-corrected chi connectivity index (χ3v) is 4.46. The molecular weight excluding hydrogens is 332 g/mol. The first-order valence-corrected chi connectivity index (χ1v) is 8.90. The third kappa shape index (κ3) is 2.95. The number of hydrogen-bond donors (Lipinski definition) is 0. The molecule has 4 aromatic rings. The Balaban J connectivity index is 2.03. The molecule has 0 fully saturated rings. The van der Waals surface area contributed by atoms with Gasteiger partial charge in [0.15, 0.2) is 5.82 Å². The predicted octanol–water partition coefficient (Wildman–Crippen LogP) is 5.42. The fourth-order valence-electron chi connectivity index (χ4n) is 3.27. The van der Waals surface area contributed by atoms with Crippen molar-refractivity contribution in [3.63, 3.8) is 0 Å². The lowest BCUT2D eigenvalue weighted by molar-refractivity contribution is 0.887. The third-order valence-electron chi connectivity index (χ3n) is 4.46. The van der Waals surface area contributed by atoms with E-state index < -0.39 is 0 Å². The van der Waals surface area contributed by atoms with Crippen molar-refractivity contribution < 1.29 is 0 Å². The first kappa shape index (κ1) is 16.9. The number of fused-ring (bicyclic) bond motifs is 3. The first-order valence-electron chi connectivity index (χ1n) is 8.90. The van der Waals surface area contributed by atoms with Crippen LogP contribution >= 0.6 is 0 Å². The molecule has 0 spiro atoms. The van der Waals surface area contributed by atoms with Gasteiger partial charge in [-0.2, -0.15) is 9.97 Å². The average Bonchev–Trinajstić information content (AvgIpc) is 3.03. The van der Waals surface area contributed by atoms with Crippen LogP contribution in [0.5, 0.6) is 0 Å². The Hall–Kier alpha value is -3.53. The molecule has 0 aliphatic heterocycles. The zero-order valence-electron chi connectivity index (χ0n) is 15.4. The van der Waals surface area contributed by atoms with E-state index in [4.69, 9.17) is 4.98 Å². The van der Waals surface area contributed by atoms with Gasteiger partial charge in [-0.05, 0) is 26.0 Å². The van der Waals surface area contributed by atoms with Gasteiger partial charge < -0.3 is 0 Å². The van der Waals surface area contributed by atoms with E-state index in [2.05, 4.69) is 57.5 Å². The summed E-state index contributed by atoms with van der Waals surface area (Å²) in [5.41, 5.74) is 3.02. The minimum Gasteiger partial charge on any atom is -0.278 e. The van der Waals surface area contributed by atoms with Crippen molar-refractivity contribution in [2.24, 2.45) is 0 Å². The van der Waals surface area contributed by atoms with Crippen LogP contribution in [0.25, 0.3) is 33.3 Å². The normalized spacial score (nSPS) is 12.3. The van der Waals surface area contributed by atoms with Gasteiger partial charge in [-0.25, -0.2) is 4.98 Å². The van der Waals surface area contributed by atoms with E-state index in [0.29, 0.717) is 17.6 Å². The largest absolute Gasteiger partial charge is 0.278 e. The van der Waals surface area contributed by atoms with Gasteiger partial charge in [0.2, 0.25) is 5.95 Å². The molecule has 0 N–H and O–H groups in total. The average molecular weight is 352 g/mol. The molecule has 0 saturated carbocycles. The van der Waals surface area contributed by atoms with Crippen LogP contribution in [-0.2, 0) is 0 Å². The van der Waals surface area contributed by atoms with Crippen molar-refractivity contribution in [1.29, 1.82) is 0 Å². The summed E-state index contributed by atoms with van der Waals surface area (Å²) in [6.07, 6.45) is 7.64. The van der Waals surface area contributed by atoms with Crippen molar-refractivity contribution in [2.45, 2.75) is 13.8 Å². The monoisotopic (exact) mass is 352 g/mol. The topological polar surface area (TPSA) is 43.6 Å². The highest BCUT2D eigenvalue weighted by molar-refractivity contribution is 6.08. The number of allylic oxidation sites excluding steroid dienone is 5. The molecule has 4 heteroatoms. The summed E-state index contributed by atoms with van der Waals surface area (Å²) < 4.78 is 2.10. The molecule has 0 amide bonds. The summed E-state index contributed by atoms with van der Waals surface area (Å²) >= 11 is 0. The SMILES string of the molecule is C=C/C(=C\C=C/C)c1nc(C)nc(-n2c3ccccc3c3ccccc32)n1. The van der Waals surface area contributed by atoms with E-state index >= 15 is 0 Å². The standard InChI is InChI=1S/C23H20N4/c1-4-6-11-17(5-2)22-24-16(3)25-23(26-22)27-20-14-9-7-12-18(20)19-13-8-10-15-21(19)27/h4-15H,2H2,1,3H3/b6-4-,17-11+. The molecule has 2 heterocycles. The highest BCUT2D eigenvalue weighted by atomic mass is 15.2. The van der Waals surface area contributed by atoms with E-state index in [9.17, 15) is 0 Å². The van der Waals surface area contributed by atoms with Crippen LogP contribution in [0.2, 0.25) is 0 Å². The zero-order valence-corrected chi connectivity index (χ0v) is 15.4. The molecule has 0 saturated heterocycles. The Kier molecular flexibility index (Phi) is 4.38. The second kappa shape index (κ2) is 7.00. The van der Waals surface area contributed by atoms with Gasteiger partial charge in [0.05, 0.1) is 11.0 Å². The molecule has 132 valence electrons. The van der Waals surface area contributed by atoms with Crippen molar-refractivity contribution >= 4 is 27.4 Å². The summed E-state index contributed by atoms with van der Waals surface area (Å²) in [4.78, 5) is 13.9. The zero-order chi connectivity index (χ0) is 18.8. The molecule has 2 aromatic heterocycles. The summed E-state index contributed by atoms with van der Waals surface area (Å²) in [7, 11) is 0. The molecular formula is C23H20N4. The van der Waals surface area contributed by atoms with Crippen LogP contribution in [-0.4, -0.2) is 19.5 Å². The van der Waals surface area contributed by atoms with E-state index in [1.54, 1.807) is 6.08 Å². The minimum absolute atomic E-state index is 0.614. The lowest BCUT2D eigenvalue weighted by Crippen LogP contribution is -2.07. The number of hydrogen-bond acceptors (Lipinski definition) is 3. The Bertz CT molecular complexity index is 1160. The smallest absolute Gasteiger partial charge is 0.238 e. The van der Waals surface area contributed by atoms with Gasteiger partial charge in [0.25, 0.3) is 0 Å². The number of aryl methyl sites for hydroxylation is 1.